The summed E-state index contributed by atoms with van der Waals surface area (Å²) in [6.45, 7) is 1.65. The maximum atomic E-state index is 12.6. The summed E-state index contributed by atoms with van der Waals surface area (Å²) in [4.78, 5) is 12.1. The van der Waals surface area contributed by atoms with Gasteiger partial charge in [-0.25, -0.2) is 0 Å². The zero-order chi connectivity index (χ0) is 16.6. The van der Waals surface area contributed by atoms with Gasteiger partial charge in [0.05, 0.1) is 11.4 Å². The van der Waals surface area contributed by atoms with E-state index < -0.39 is 18.0 Å². The number of aromatic nitrogens is 3. The standard InChI is InChI=1S/C16H12F3N3O/c1-9-4-14(15(23)16(17,18)19)22-8-12(9)13-5-11-6-20-3-2-10(11)7-21-13/h2-8,15,23H,1H3/t15-/m1/s1. The molecule has 3 rings (SSSR count). The van der Waals surface area contributed by atoms with E-state index in [0.717, 1.165) is 10.8 Å². The Morgan fingerprint density at radius 1 is 1.04 bits per heavy atom. The van der Waals surface area contributed by atoms with Crippen LogP contribution in [0.1, 0.15) is 17.4 Å². The average molecular weight is 319 g/mol. The van der Waals surface area contributed by atoms with E-state index in [1.807, 2.05) is 6.07 Å². The fraction of sp³-hybridized carbons (Fsp3) is 0.188. The number of rotatable bonds is 2. The zero-order valence-corrected chi connectivity index (χ0v) is 12.0. The lowest BCUT2D eigenvalue weighted by molar-refractivity contribution is -0.207. The molecule has 0 amide bonds. The van der Waals surface area contributed by atoms with Crippen LogP contribution in [0.25, 0.3) is 22.0 Å². The molecule has 3 aromatic rings. The first-order valence-electron chi connectivity index (χ1n) is 6.78. The zero-order valence-electron chi connectivity index (χ0n) is 12.0. The number of hydrogen-bond acceptors (Lipinski definition) is 4. The number of pyridine rings is 3. The maximum absolute atomic E-state index is 12.6. The highest BCUT2D eigenvalue weighted by Crippen LogP contribution is 2.33. The van der Waals surface area contributed by atoms with Gasteiger partial charge in [-0.1, -0.05) is 0 Å². The van der Waals surface area contributed by atoms with Crippen molar-refractivity contribution in [3.63, 3.8) is 0 Å². The number of alkyl halides is 3. The van der Waals surface area contributed by atoms with E-state index in [4.69, 9.17) is 0 Å². The lowest BCUT2D eigenvalue weighted by Gasteiger charge is -2.15. The molecule has 0 aliphatic carbocycles. The second-order valence-corrected chi connectivity index (χ2v) is 5.16. The van der Waals surface area contributed by atoms with Gasteiger partial charge in [0, 0.05) is 41.1 Å². The fourth-order valence-electron chi connectivity index (χ4n) is 2.29. The highest BCUT2D eigenvalue weighted by atomic mass is 19.4. The third-order valence-corrected chi connectivity index (χ3v) is 3.52. The molecule has 4 nitrogen and oxygen atoms in total. The molecular weight excluding hydrogens is 307 g/mol. The normalized spacial score (nSPS) is 13.3. The molecule has 7 heteroatoms. The number of hydrogen-bond donors (Lipinski definition) is 1. The third-order valence-electron chi connectivity index (χ3n) is 3.52. The van der Waals surface area contributed by atoms with Crippen molar-refractivity contribution in [3.05, 3.63) is 54.2 Å². The molecule has 0 bridgehead atoms. The van der Waals surface area contributed by atoms with Crippen LogP contribution in [0.4, 0.5) is 13.2 Å². The molecule has 0 saturated carbocycles. The first kappa shape index (κ1) is 15.4. The SMILES string of the molecule is Cc1cc([C@@H](O)C(F)(F)F)ncc1-c1cc2cnccc2cn1. The molecule has 0 fully saturated rings. The van der Waals surface area contributed by atoms with Gasteiger partial charge in [0.2, 0.25) is 0 Å². The van der Waals surface area contributed by atoms with E-state index in [-0.39, 0.29) is 0 Å². The van der Waals surface area contributed by atoms with Gasteiger partial charge in [0.25, 0.3) is 0 Å². The molecule has 0 unspecified atom stereocenters. The van der Waals surface area contributed by atoms with Crippen molar-refractivity contribution < 1.29 is 18.3 Å². The number of nitrogens with zero attached hydrogens (tertiary/aromatic N) is 3. The highest BCUT2D eigenvalue weighted by molar-refractivity contribution is 5.84. The minimum atomic E-state index is -4.74. The molecular formula is C16H12F3N3O. The Kier molecular flexibility index (Phi) is 3.73. The van der Waals surface area contributed by atoms with Crippen LogP contribution in [0.3, 0.4) is 0 Å². The fourth-order valence-corrected chi connectivity index (χ4v) is 2.29. The van der Waals surface area contributed by atoms with Crippen LogP contribution in [-0.4, -0.2) is 26.2 Å². The second kappa shape index (κ2) is 5.58. The van der Waals surface area contributed by atoms with Gasteiger partial charge in [0.15, 0.2) is 6.10 Å². The summed E-state index contributed by atoms with van der Waals surface area (Å²) in [5, 5.41) is 11.1. The molecule has 0 aliphatic rings. The summed E-state index contributed by atoms with van der Waals surface area (Å²) in [6.07, 6.45) is -1.03. The molecule has 23 heavy (non-hydrogen) atoms. The van der Waals surface area contributed by atoms with E-state index >= 15 is 0 Å². The Hall–Kier alpha value is -2.54. The predicted molar refractivity (Wildman–Crippen MR) is 78.5 cm³/mol. The minimum absolute atomic E-state index is 0.429. The Labute approximate surface area is 129 Å². The van der Waals surface area contributed by atoms with Gasteiger partial charge >= 0.3 is 6.18 Å². The van der Waals surface area contributed by atoms with Gasteiger partial charge in [-0.15, -0.1) is 0 Å². The van der Waals surface area contributed by atoms with Crippen molar-refractivity contribution in [2.45, 2.75) is 19.2 Å². The van der Waals surface area contributed by atoms with Crippen LogP contribution in [0.15, 0.2) is 43.0 Å². The summed E-state index contributed by atoms with van der Waals surface area (Å²) in [5.41, 5.74) is 1.31. The first-order valence-corrected chi connectivity index (χ1v) is 6.78. The van der Waals surface area contributed by atoms with Crippen molar-refractivity contribution in [3.8, 4) is 11.3 Å². The molecule has 0 spiro atoms. The molecule has 0 aliphatic heterocycles. The van der Waals surface area contributed by atoms with Crippen LogP contribution in [-0.2, 0) is 0 Å². The highest BCUT2D eigenvalue weighted by Gasteiger charge is 2.40. The molecule has 0 aromatic carbocycles. The van der Waals surface area contributed by atoms with Crippen molar-refractivity contribution in [1.82, 2.24) is 15.0 Å². The number of aliphatic hydroxyl groups is 1. The van der Waals surface area contributed by atoms with E-state index in [1.165, 1.54) is 12.3 Å². The molecule has 118 valence electrons. The van der Waals surface area contributed by atoms with Crippen molar-refractivity contribution in [2.75, 3.05) is 0 Å². The quantitative estimate of drug-likeness (QED) is 0.784. The smallest absolute Gasteiger partial charge is 0.378 e. The number of aliphatic hydroxyl groups excluding tert-OH is 1. The summed E-state index contributed by atoms with van der Waals surface area (Å²) in [6, 6.07) is 4.84. The summed E-state index contributed by atoms with van der Waals surface area (Å²) >= 11 is 0. The Morgan fingerprint density at radius 2 is 1.83 bits per heavy atom. The van der Waals surface area contributed by atoms with Crippen LogP contribution < -0.4 is 0 Å². The van der Waals surface area contributed by atoms with Crippen LogP contribution in [0, 0.1) is 6.92 Å². The Morgan fingerprint density at radius 3 is 2.52 bits per heavy atom. The first-order chi connectivity index (χ1) is 10.9. The predicted octanol–water partition coefficient (Wildman–Crippen LogP) is 3.60. The second-order valence-electron chi connectivity index (χ2n) is 5.16. The molecule has 3 heterocycles. The van der Waals surface area contributed by atoms with Crippen molar-refractivity contribution in [1.29, 1.82) is 0 Å². The van der Waals surface area contributed by atoms with Crippen LogP contribution >= 0.6 is 0 Å². The molecule has 1 N–H and O–H groups in total. The lowest BCUT2D eigenvalue weighted by atomic mass is 10.0. The topological polar surface area (TPSA) is 58.9 Å². The van der Waals surface area contributed by atoms with Gasteiger partial charge in [-0.2, -0.15) is 13.2 Å². The van der Waals surface area contributed by atoms with E-state index in [2.05, 4.69) is 15.0 Å². The van der Waals surface area contributed by atoms with Crippen LogP contribution in [0.2, 0.25) is 0 Å². The van der Waals surface area contributed by atoms with E-state index in [0.29, 0.717) is 16.8 Å². The Bertz CT molecular complexity index is 865. The minimum Gasteiger partial charge on any atom is -0.378 e. The molecule has 0 radical (unpaired) electrons. The average Bonchev–Trinajstić information content (AvgIpc) is 2.52. The number of halogens is 3. The number of aryl methyl sites for hydroxylation is 1. The number of fused-ring (bicyclic) bond motifs is 1. The van der Waals surface area contributed by atoms with Crippen LogP contribution in [0.5, 0.6) is 0 Å². The summed E-state index contributed by atoms with van der Waals surface area (Å²) < 4.78 is 37.7. The lowest BCUT2D eigenvalue weighted by Crippen LogP contribution is -2.21. The van der Waals surface area contributed by atoms with Gasteiger partial charge in [-0.05, 0) is 30.7 Å². The van der Waals surface area contributed by atoms with Gasteiger partial charge in [0.1, 0.15) is 0 Å². The Balaban J connectivity index is 2.02. The van der Waals surface area contributed by atoms with Gasteiger partial charge < -0.3 is 5.11 Å². The summed E-state index contributed by atoms with van der Waals surface area (Å²) in [7, 11) is 0. The molecule has 1 atom stereocenters. The largest absolute Gasteiger partial charge is 0.420 e. The maximum Gasteiger partial charge on any atom is 0.420 e. The monoisotopic (exact) mass is 319 g/mol. The van der Waals surface area contributed by atoms with Gasteiger partial charge in [-0.3, -0.25) is 15.0 Å². The molecule has 3 aromatic heterocycles. The van der Waals surface area contributed by atoms with E-state index in [9.17, 15) is 18.3 Å². The van der Waals surface area contributed by atoms with Crippen molar-refractivity contribution >= 4 is 10.8 Å². The van der Waals surface area contributed by atoms with Crippen molar-refractivity contribution in [2.24, 2.45) is 0 Å². The van der Waals surface area contributed by atoms with E-state index in [1.54, 1.807) is 31.6 Å². The molecule has 0 saturated heterocycles. The third kappa shape index (κ3) is 3.00. The summed E-state index contributed by atoms with van der Waals surface area (Å²) in [5.74, 6) is 0.